The van der Waals surface area contributed by atoms with Crippen LogP contribution in [0.25, 0.3) is 0 Å². The highest BCUT2D eigenvalue weighted by Gasteiger charge is 2.41. The van der Waals surface area contributed by atoms with Gasteiger partial charge in [0.2, 0.25) is 10.0 Å². The topological polar surface area (TPSA) is 81.4 Å². The van der Waals surface area contributed by atoms with Crippen LogP contribution in [0.5, 0.6) is 0 Å². The van der Waals surface area contributed by atoms with E-state index in [9.17, 15) is 8.42 Å². The molecule has 2 saturated heterocycles. The van der Waals surface area contributed by atoms with Crippen LogP contribution in [0.1, 0.15) is 37.8 Å². The third-order valence-corrected chi connectivity index (χ3v) is 5.17. The van der Waals surface area contributed by atoms with Crippen molar-refractivity contribution in [1.82, 2.24) is 5.32 Å². The van der Waals surface area contributed by atoms with Crippen molar-refractivity contribution in [1.29, 1.82) is 0 Å². The fraction of sp³-hybridized carbons (Fsp3) is 0.571. The van der Waals surface area contributed by atoms with E-state index in [-0.39, 0.29) is 10.9 Å². The molecule has 6 heteroatoms. The molecule has 0 amide bonds. The van der Waals surface area contributed by atoms with Gasteiger partial charge in [-0.25, -0.2) is 13.6 Å². The van der Waals surface area contributed by atoms with Gasteiger partial charge in [-0.05, 0) is 43.9 Å². The Hall–Kier alpha value is -0.950. The lowest BCUT2D eigenvalue weighted by Crippen LogP contribution is -2.39. The number of hydrogen-bond acceptors (Lipinski definition) is 4. The van der Waals surface area contributed by atoms with Crippen molar-refractivity contribution in [3.63, 3.8) is 0 Å². The zero-order chi connectivity index (χ0) is 14.3. The van der Waals surface area contributed by atoms with Gasteiger partial charge in [0, 0.05) is 12.1 Å². The smallest absolute Gasteiger partial charge is 0.238 e. The summed E-state index contributed by atoms with van der Waals surface area (Å²) in [4.78, 5) is 0.160. The van der Waals surface area contributed by atoms with Crippen molar-refractivity contribution in [3.05, 3.63) is 29.8 Å². The molecule has 0 aliphatic carbocycles. The molecule has 0 aromatic heterocycles. The molecule has 0 spiro atoms. The summed E-state index contributed by atoms with van der Waals surface area (Å²) in [6.45, 7) is 2.04. The van der Waals surface area contributed by atoms with Gasteiger partial charge < -0.3 is 10.1 Å². The van der Waals surface area contributed by atoms with E-state index in [0.717, 1.165) is 24.8 Å². The third kappa shape index (κ3) is 2.74. The molecular formula is C14H20N2O3S. The summed E-state index contributed by atoms with van der Waals surface area (Å²) >= 11 is 0. The SMILES string of the molecule is CC(NC1CC2CCC1O2)c1cccc(S(N)(=O)=O)c1. The van der Waals surface area contributed by atoms with Crippen LogP contribution in [-0.2, 0) is 14.8 Å². The highest BCUT2D eigenvalue weighted by Crippen LogP contribution is 2.35. The first-order chi connectivity index (χ1) is 9.43. The Kier molecular flexibility index (Phi) is 3.58. The highest BCUT2D eigenvalue weighted by molar-refractivity contribution is 7.89. The number of ether oxygens (including phenoxy) is 1. The van der Waals surface area contributed by atoms with Gasteiger partial charge >= 0.3 is 0 Å². The zero-order valence-electron chi connectivity index (χ0n) is 11.5. The number of fused-ring (bicyclic) bond motifs is 2. The fourth-order valence-electron chi connectivity index (χ4n) is 3.19. The number of rotatable bonds is 4. The van der Waals surface area contributed by atoms with Gasteiger partial charge in [0.25, 0.3) is 0 Å². The van der Waals surface area contributed by atoms with Crippen molar-refractivity contribution < 1.29 is 13.2 Å². The van der Waals surface area contributed by atoms with Gasteiger partial charge in [-0.1, -0.05) is 12.1 Å². The Morgan fingerprint density at radius 1 is 1.40 bits per heavy atom. The molecule has 3 N–H and O–H groups in total. The predicted molar refractivity (Wildman–Crippen MR) is 75.7 cm³/mol. The molecule has 3 rings (SSSR count). The molecule has 1 aromatic carbocycles. The molecule has 20 heavy (non-hydrogen) atoms. The third-order valence-electron chi connectivity index (χ3n) is 4.26. The van der Waals surface area contributed by atoms with E-state index in [2.05, 4.69) is 5.32 Å². The Balaban J connectivity index is 1.72. The molecule has 0 saturated carbocycles. The first-order valence-electron chi connectivity index (χ1n) is 6.98. The van der Waals surface area contributed by atoms with Crippen LogP contribution in [0, 0.1) is 0 Å². The van der Waals surface area contributed by atoms with E-state index in [4.69, 9.17) is 9.88 Å². The van der Waals surface area contributed by atoms with Gasteiger partial charge in [-0.3, -0.25) is 0 Å². The molecule has 2 fully saturated rings. The van der Waals surface area contributed by atoms with E-state index in [0.29, 0.717) is 18.2 Å². The van der Waals surface area contributed by atoms with Gasteiger partial charge in [0.1, 0.15) is 0 Å². The molecular weight excluding hydrogens is 276 g/mol. The van der Waals surface area contributed by atoms with Crippen molar-refractivity contribution in [2.24, 2.45) is 5.14 Å². The van der Waals surface area contributed by atoms with Crippen LogP contribution in [0.2, 0.25) is 0 Å². The van der Waals surface area contributed by atoms with E-state index in [1.165, 1.54) is 6.07 Å². The van der Waals surface area contributed by atoms with E-state index >= 15 is 0 Å². The molecule has 2 heterocycles. The van der Waals surface area contributed by atoms with E-state index < -0.39 is 10.0 Å². The first-order valence-corrected chi connectivity index (χ1v) is 8.52. The normalized spacial score (nSPS) is 30.6. The maximum absolute atomic E-state index is 11.4. The summed E-state index contributed by atoms with van der Waals surface area (Å²) in [5.74, 6) is 0. The zero-order valence-corrected chi connectivity index (χ0v) is 12.3. The number of hydrogen-bond donors (Lipinski definition) is 2. The summed E-state index contributed by atoms with van der Waals surface area (Å²) in [6.07, 6.45) is 4.04. The second-order valence-electron chi connectivity index (χ2n) is 5.72. The maximum Gasteiger partial charge on any atom is 0.238 e. The quantitative estimate of drug-likeness (QED) is 0.877. The number of nitrogens with one attached hydrogen (secondary N) is 1. The van der Waals surface area contributed by atoms with Crippen molar-refractivity contribution in [3.8, 4) is 0 Å². The van der Waals surface area contributed by atoms with Gasteiger partial charge in [-0.15, -0.1) is 0 Å². The van der Waals surface area contributed by atoms with Gasteiger partial charge in [-0.2, -0.15) is 0 Å². The minimum Gasteiger partial charge on any atom is -0.373 e. The first kappa shape index (κ1) is 14.0. The highest BCUT2D eigenvalue weighted by atomic mass is 32.2. The van der Waals surface area contributed by atoms with Crippen LogP contribution >= 0.6 is 0 Å². The van der Waals surface area contributed by atoms with Crippen LogP contribution in [-0.4, -0.2) is 26.7 Å². The molecule has 4 atom stereocenters. The number of primary sulfonamides is 1. The second kappa shape index (κ2) is 5.11. The minimum absolute atomic E-state index is 0.0737. The fourth-order valence-corrected chi connectivity index (χ4v) is 3.76. The Labute approximate surface area is 119 Å². The Morgan fingerprint density at radius 2 is 2.20 bits per heavy atom. The molecule has 2 aliphatic rings. The summed E-state index contributed by atoms with van der Waals surface area (Å²) in [5, 5.41) is 8.72. The molecule has 0 radical (unpaired) electrons. The van der Waals surface area contributed by atoms with Crippen LogP contribution < -0.4 is 10.5 Å². The molecule has 4 unspecified atom stereocenters. The molecule has 2 aliphatic heterocycles. The Morgan fingerprint density at radius 3 is 2.80 bits per heavy atom. The van der Waals surface area contributed by atoms with Crippen molar-refractivity contribution >= 4 is 10.0 Å². The summed E-state index contributed by atoms with van der Waals surface area (Å²) in [6, 6.07) is 7.24. The van der Waals surface area contributed by atoms with Crippen molar-refractivity contribution in [2.75, 3.05) is 0 Å². The standard InChI is InChI=1S/C14H20N2O3S/c1-9(16-13-8-11-5-6-14(13)19-11)10-3-2-4-12(7-10)20(15,17)18/h2-4,7,9,11,13-14,16H,5-6,8H2,1H3,(H2,15,17,18). The average molecular weight is 296 g/mol. The molecule has 110 valence electrons. The lowest BCUT2D eigenvalue weighted by atomic mass is 9.94. The lowest BCUT2D eigenvalue weighted by molar-refractivity contribution is 0.0962. The second-order valence-corrected chi connectivity index (χ2v) is 7.28. The van der Waals surface area contributed by atoms with E-state index in [1.54, 1.807) is 12.1 Å². The Bertz CT molecular complexity index is 602. The van der Waals surface area contributed by atoms with Crippen LogP contribution in [0.4, 0.5) is 0 Å². The number of nitrogens with two attached hydrogens (primary N) is 1. The van der Waals surface area contributed by atoms with E-state index in [1.807, 2.05) is 13.0 Å². The van der Waals surface area contributed by atoms with Crippen molar-refractivity contribution in [2.45, 2.75) is 55.4 Å². The maximum atomic E-state index is 11.4. The summed E-state index contributed by atoms with van der Waals surface area (Å²) in [7, 11) is -3.65. The van der Waals surface area contributed by atoms with Gasteiger partial charge in [0.05, 0.1) is 17.1 Å². The minimum atomic E-state index is -3.65. The largest absolute Gasteiger partial charge is 0.373 e. The predicted octanol–water partition coefficient (Wildman–Crippen LogP) is 1.30. The summed E-state index contributed by atoms with van der Waals surface area (Å²) < 4.78 is 28.6. The molecule has 5 nitrogen and oxygen atoms in total. The molecule has 1 aromatic rings. The van der Waals surface area contributed by atoms with Gasteiger partial charge in [0.15, 0.2) is 0 Å². The van der Waals surface area contributed by atoms with Crippen LogP contribution in [0.3, 0.4) is 0 Å². The summed E-state index contributed by atoms with van der Waals surface area (Å²) in [5.41, 5.74) is 0.930. The monoisotopic (exact) mass is 296 g/mol. The molecule has 2 bridgehead atoms. The average Bonchev–Trinajstić information content (AvgIpc) is 3.00. The lowest BCUT2D eigenvalue weighted by Gasteiger charge is -2.25. The number of benzene rings is 1. The van der Waals surface area contributed by atoms with Crippen LogP contribution in [0.15, 0.2) is 29.2 Å². The number of sulfonamides is 1.